The molecule has 0 atom stereocenters. The molecule has 0 aromatic rings. The van der Waals surface area contributed by atoms with Crippen LogP contribution in [0.1, 0.15) is 66.2 Å². The molecular formula is C18H34N2O3. The molecule has 3 N–H and O–H groups in total. The van der Waals surface area contributed by atoms with Crippen molar-refractivity contribution in [3.8, 4) is 0 Å². The van der Waals surface area contributed by atoms with E-state index in [1.54, 1.807) is 6.20 Å². The predicted molar refractivity (Wildman–Crippen MR) is 93.9 cm³/mol. The van der Waals surface area contributed by atoms with Crippen molar-refractivity contribution in [3.05, 3.63) is 11.9 Å². The van der Waals surface area contributed by atoms with Gasteiger partial charge >= 0.3 is 0 Å². The van der Waals surface area contributed by atoms with Gasteiger partial charge in [-0.25, -0.2) is 0 Å². The van der Waals surface area contributed by atoms with Crippen molar-refractivity contribution in [1.82, 2.24) is 5.32 Å². The molecule has 0 aliphatic heterocycles. The first-order valence-corrected chi connectivity index (χ1v) is 8.63. The van der Waals surface area contributed by atoms with Gasteiger partial charge in [0.1, 0.15) is 11.6 Å². The zero-order chi connectivity index (χ0) is 17.7. The lowest BCUT2D eigenvalue weighted by Gasteiger charge is -2.07. The smallest absolute Gasteiger partial charge is 0.135 e. The molecule has 5 nitrogen and oxygen atoms in total. The highest BCUT2D eigenvalue weighted by molar-refractivity contribution is 5.81. The minimum Gasteiger partial charge on any atom is -0.401 e. The molecule has 0 saturated carbocycles. The van der Waals surface area contributed by atoms with E-state index < -0.39 is 0 Å². The summed E-state index contributed by atoms with van der Waals surface area (Å²) < 4.78 is 5.38. The van der Waals surface area contributed by atoms with Crippen LogP contribution in [0.25, 0.3) is 0 Å². The highest BCUT2D eigenvalue weighted by Gasteiger charge is 2.07. The lowest BCUT2D eigenvalue weighted by Crippen LogP contribution is -2.18. The summed E-state index contributed by atoms with van der Waals surface area (Å²) in [4.78, 5) is 23.4. The van der Waals surface area contributed by atoms with Gasteiger partial charge in [-0.15, -0.1) is 0 Å². The molecule has 0 heterocycles. The Morgan fingerprint density at radius 3 is 2.17 bits per heavy atom. The fourth-order valence-electron chi connectivity index (χ4n) is 1.87. The molecule has 0 amide bonds. The van der Waals surface area contributed by atoms with E-state index in [9.17, 15) is 9.59 Å². The van der Waals surface area contributed by atoms with E-state index in [4.69, 9.17) is 10.5 Å². The molecule has 0 bridgehead atoms. The van der Waals surface area contributed by atoms with Crippen molar-refractivity contribution < 1.29 is 14.3 Å². The molecule has 0 unspecified atom stereocenters. The normalized spacial score (nSPS) is 12.0. The number of Topliss-reactive ketones (excluding diaryl/α,β-unsaturated/α-hetero) is 2. The molecule has 0 fully saturated rings. The Morgan fingerprint density at radius 2 is 1.61 bits per heavy atom. The average Bonchev–Trinajstić information content (AvgIpc) is 2.47. The first kappa shape index (κ1) is 21.6. The van der Waals surface area contributed by atoms with E-state index in [2.05, 4.69) is 19.2 Å². The summed E-state index contributed by atoms with van der Waals surface area (Å²) in [5.41, 5.74) is 6.50. The number of allylic oxidation sites excluding steroid dienone is 1. The van der Waals surface area contributed by atoms with E-state index in [0.717, 1.165) is 0 Å². The van der Waals surface area contributed by atoms with Crippen LogP contribution < -0.4 is 11.1 Å². The van der Waals surface area contributed by atoms with Gasteiger partial charge in [0.2, 0.25) is 0 Å². The van der Waals surface area contributed by atoms with Gasteiger partial charge in [0, 0.05) is 50.2 Å². The maximum Gasteiger partial charge on any atom is 0.135 e. The van der Waals surface area contributed by atoms with Gasteiger partial charge < -0.3 is 15.8 Å². The molecule has 0 aromatic carbocycles. The number of ether oxygens (including phenoxy) is 1. The summed E-state index contributed by atoms with van der Waals surface area (Å²) >= 11 is 0. The number of carbonyl (C=O) groups is 2. The summed E-state index contributed by atoms with van der Waals surface area (Å²) in [6.45, 7) is 9.38. The second-order valence-corrected chi connectivity index (χ2v) is 6.69. The van der Waals surface area contributed by atoms with Crippen LogP contribution in [0, 0.1) is 5.92 Å². The first-order valence-electron chi connectivity index (χ1n) is 8.63. The Kier molecular flexibility index (Phi) is 12.3. The van der Waals surface area contributed by atoms with Gasteiger partial charge in [0.25, 0.3) is 0 Å². The number of carbonyl (C=O) groups excluding carboxylic acids is 2. The summed E-state index contributed by atoms with van der Waals surface area (Å²) in [7, 11) is 0. The highest BCUT2D eigenvalue weighted by Crippen LogP contribution is 2.06. The SMILES string of the molecule is CC(C)COCCC(=O)CCCC(=O)CC/C(N)=C/NC(C)C. The summed E-state index contributed by atoms with van der Waals surface area (Å²) in [5, 5.41) is 3.10. The maximum atomic E-state index is 11.8. The monoisotopic (exact) mass is 326 g/mol. The lowest BCUT2D eigenvalue weighted by atomic mass is 10.1. The topological polar surface area (TPSA) is 81.4 Å². The Labute approximate surface area is 141 Å². The quantitative estimate of drug-likeness (QED) is 0.480. The van der Waals surface area contributed by atoms with Crippen molar-refractivity contribution in [1.29, 1.82) is 0 Å². The number of ketones is 2. The van der Waals surface area contributed by atoms with Crippen LogP contribution >= 0.6 is 0 Å². The number of nitrogens with one attached hydrogen (secondary N) is 1. The fraction of sp³-hybridized carbons (Fsp3) is 0.778. The third-order valence-corrected chi connectivity index (χ3v) is 3.18. The van der Waals surface area contributed by atoms with Crippen LogP contribution in [-0.2, 0) is 14.3 Å². The molecule has 0 rings (SSSR count). The Hall–Kier alpha value is -1.36. The second kappa shape index (κ2) is 13.1. The molecule has 0 aliphatic carbocycles. The molecule has 0 spiro atoms. The molecule has 5 heteroatoms. The molecule has 0 aromatic heterocycles. The molecule has 0 aliphatic rings. The van der Waals surface area contributed by atoms with Gasteiger partial charge in [-0.05, 0) is 32.6 Å². The zero-order valence-corrected chi connectivity index (χ0v) is 15.2. The Balaban J connectivity index is 3.66. The van der Waals surface area contributed by atoms with E-state index in [0.29, 0.717) is 69.4 Å². The average molecular weight is 326 g/mol. The van der Waals surface area contributed by atoms with Crippen molar-refractivity contribution >= 4 is 11.6 Å². The van der Waals surface area contributed by atoms with Crippen molar-refractivity contribution in [2.45, 2.75) is 72.3 Å². The van der Waals surface area contributed by atoms with Crippen LogP contribution in [0.2, 0.25) is 0 Å². The number of hydrogen-bond acceptors (Lipinski definition) is 5. The van der Waals surface area contributed by atoms with E-state index >= 15 is 0 Å². The van der Waals surface area contributed by atoms with Crippen LogP contribution in [0.15, 0.2) is 11.9 Å². The predicted octanol–water partition coefficient (Wildman–Crippen LogP) is 2.94. The van der Waals surface area contributed by atoms with Gasteiger partial charge in [-0.2, -0.15) is 0 Å². The number of nitrogens with two attached hydrogens (primary N) is 1. The summed E-state index contributed by atoms with van der Waals surface area (Å²) in [5.74, 6) is 0.816. The van der Waals surface area contributed by atoms with Gasteiger partial charge in [-0.3, -0.25) is 9.59 Å². The summed E-state index contributed by atoms with van der Waals surface area (Å²) in [6.07, 6.45) is 4.73. The van der Waals surface area contributed by atoms with Gasteiger partial charge in [0.15, 0.2) is 0 Å². The zero-order valence-electron chi connectivity index (χ0n) is 15.2. The molecule has 23 heavy (non-hydrogen) atoms. The largest absolute Gasteiger partial charge is 0.401 e. The van der Waals surface area contributed by atoms with Crippen molar-refractivity contribution in [2.75, 3.05) is 13.2 Å². The Bertz CT molecular complexity index is 376. The molecule has 134 valence electrons. The van der Waals surface area contributed by atoms with E-state index in [1.165, 1.54) is 0 Å². The van der Waals surface area contributed by atoms with Crippen molar-refractivity contribution in [2.24, 2.45) is 11.7 Å². The summed E-state index contributed by atoms with van der Waals surface area (Å²) in [6, 6.07) is 0.333. The van der Waals surface area contributed by atoms with Crippen LogP contribution in [0.5, 0.6) is 0 Å². The van der Waals surface area contributed by atoms with Crippen LogP contribution in [-0.4, -0.2) is 30.8 Å². The number of rotatable bonds is 14. The van der Waals surface area contributed by atoms with Gasteiger partial charge in [-0.1, -0.05) is 13.8 Å². The maximum absolute atomic E-state index is 11.8. The lowest BCUT2D eigenvalue weighted by molar-refractivity contribution is -0.121. The van der Waals surface area contributed by atoms with Crippen molar-refractivity contribution in [3.63, 3.8) is 0 Å². The Morgan fingerprint density at radius 1 is 1.00 bits per heavy atom. The molecular weight excluding hydrogens is 292 g/mol. The van der Waals surface area contributed by atoms with Crippen LogP contribution in [0.4, 0.5) is 0 Å². The number of hydrogen-bond donors (Lipinski definition) is 2. The van der Waals surface area contributed by atoms with E-state index in [1.807, 2.05) is 13.8 Å². The second-order valence-electron chi connectivity index (χ2n) is 6.69. The minimum atomic E-state index is 0.162. The first-order chi connectivity index (χ1) is 10.8. The molecule has 0 radical (unpaired) electrons. The van der Waals surface area contributed by atoms with Crippen LogP contribution in [0.3, 0.4) is 0 Å². The fourth-order valence-corrected chi connectivity index (χ4v) is 1.87. The molecule has 0 saturated heterocycles. The highest BCUT2D eigenvalue weighted by atomic mass is 16.5. The van der Waals surface area contributed by atoms with E-state index in [-0.39, 0.29) is 11.6 Å². The standard InChI is InChI=1S/C18H34N2O3/c1-14(2)13-23-11-10-18(22)7-5-6-17(21)9-8-16(19)12-20-15(3)4/h12,14-15,20H,5-11,13,19H2,1-4H3/b16-12-. The van der Waals surface area contributed by atoms with Gasteiger partial charge in [0.05, 0.1) is 6.61 Å². The third kappa shape index (κ3) is 15.3. The minimum absolute atomic E-state index is 0.162. The third-order valence-electron chi connectivity index (χ3n) is 3.18.